The zero-order valence-electron chi connectivity index (χ0n) is 13.1. The van der Waals surface area contributed by atoms with Crippen molar-refractivity contribution in [2.75, 3.05) is 13.1 Å². The maximum absolute atomic E-state index is 6.10. The summed E-state index contributed by atoms with van der Waals surface area (Å²) in [7, 11) is 0. The Labute approximate surface area is 128 Å². The molecule has 1 N–H and O–H groups in total. The first-order valence-electron chi connectivity index (χ1n) is 7.58. The molecule has 0 radical (unpaired) electrons. The summed E-state index contributed by atoms with van der Waals surface area (Å²) < 4.78 is 0. The summed E-state index contributed by atoms with van der Waals surface area (Å²) in [4.78, 5) is 2.58. The highest BCUT2D eigenvalue weighted by atomic mass is 35.5. The molecule has 0 bridgehead atoms. The Morgan fingerprint density at radius 3 is 2.75 bits per heavy atom. The Hall–Kier alpha value is -0.570. The van der Waals surface area contributed by atoms with E-state index in [1.54, 1.807) is 0 Å². The number of halogens is 1. The fourth-order valence-electron chi connectivity index (χ4n) is 2.80. The van der Waals surface area contributed by atoms with Crippen LogP contribution in [0, 0.1) is 5.41 Å². The second-order valence-electron chi connectivity index (χ2n) is 7.07. The van der Waals surface area contributed by atoms with E-state index >= 15 is 0 Å². The van der Waals surface area contributed by atoms with Crippen LogP contribution in [-0.2, 0) is 6.54 Å². The highest BCUT2D eigenvalue weighted by Crippen LogP contribution is 2.24. The molecule has 1 heterocycles. The van der Waals surface area contributed by atoms with E-state index in [1.165, 1.54) is 12.0 Å². The molecule has 112 valence electrons. The molecule has 1 aromatic carbocycles. The molecule has 0 aliphatic carbocycles. The van der Waals surface area contributed by atoms with Gasteiger partial charge in [-0.2, -0.15) is 0 Å². The maximum atomic E-state index is 6.10. The second-order valence-corrected chi connectivity index (χ2v) is 7.51. The molecule has 1 aliphatic rings. The van der Waals surface area contributed by atoms with E-state index in [0.717, 1.165) is 24.7 Å². The number of nitrogens with one attached hydrogen (secondary N) is 1. The smallest absolute Gasteiger partial charge is 0.0409 e. The molecule has 0 spiro atoms. The lowest BCUT2D eigenvalue weighted by Gasteiger charge is -2.35. The Morgan fingerprint density at radius 1 is 1.35 bits per heavy atom. The predicted molar refractivity (Wildman–Crippen MR) is 87.2 cm³/mol. The van der Waals surface area contributed by atoms with Crippen molar-refractivity contribution in [3.05, 3.63) is 34.9 Å². The van der Waals surface area contributed by atoms with Crippen LogP contribution < -0.4 is 5.32 Å². The van der Waals surface area contributed by atoms with Crippen molar-refractivity contribution in [2.45, 2.75) is 52.7 Å². The molecule has 1 aliphatic heterocycles. The fourth-order valence-corrected chi connectivity index (χ4v) is 3.01. The van der Waals surface area contributed by atoms with Gasteiger partial charge in [0.05, 0.1) is 0 Å². The van der Waals surface area contributed by atoms with Gasteiger partial charge in [0.15, 0.2) is 0 Å². The average molecular weight is 295 g/mol. The Kier molecular flexibility index (Phi) is 5.11. The summed E-state index contributed by atoms with van der Waals surface area (Å²) in [6, 6.07) is 9.37. The van der Waals surface area contributed by atoms with Crippen molar-refractivity contribution in [3.63, 3.8) is 0 Å². The first kappa shape index (κ1) is 15.8. The van der Waals surface area contributed by atoms with Crippen LogP contribution in [0.25, 0.3) is 0 Å². The average Bonchev–Trinajstić information content (AvgIpc) is 2.52. The fraction of sp³-hybridized carbons (Fsp3) is 0.647. The molecule has 2 nitrogen and oxygen atoms in total. The molecule has 20 heavy (non-hydrogen) atoms. The normalized spacial score (nSPS) is 25.4. The van der Waals surface area contributed by atoms with Crippen molar-refractivity contribution in [1.82, 2.24) is 10.2 Å². The van der Waals surface area contributed by atoms with E-state index in [-0.39, 0.29) is 5.41 Å². The van der Waals surface area contributed by atoms with Crippen molar-refractivity contribution in [3.8, 4) is 0 Å². The standard InChI is InChI=1S/C17H27ClN2/c1-13-8-9-19-16(17(2,3)4)12-20(13)11-14-6-5-7-15(18)10-14/h5-7,10,13,16,19H,8-9,11-12H2,1-4H3. The van der Waals surface area contributed by atoms with Crippen molar-refractivity contribution in [1.29, 1.82) is 0 Å². The third kappa shape index (κ3) is 4.21. The van der Waals surface area contributed by atoms with Gasteiger partial charge in [0.25, 0.3) is 0 Å². The highest BCUT2D eigenvalue weighted by Gasteiger charge is 2.30. The highest BCUT2D eigenvalue weighted by molar-refractivity contribution is 6.30. The van der Waals surface area contributed by atoms with Crippen LogP contribution in [0.1, 0.15) is 39.7 Å². The predicted octanol–water partition coefficient (Wildman–Crippen LogP) is 3.94. The molecule has 0 saturated carbocycles. The van der Waals surface area contributed by atoms with Gasteiger partial charge in [-0.3, -0.25) is 4.90 Å². The molecule has 0 aromatic heterocycles. The van der Waals surface area contributed by atoms with Gasteiger partial charge in [-0.25, -0.2) is 0 Å². The number of hydrogen-bond donors (Lipinski definition) is 1. The van der Waals surface area contributed by atoms with E-state index in [0.29, 0.717) is 12.1 Å². The third-order valence-corrected chi connectivity index (χ3v) is 4.55. The molecule has 2 rings (SSSR count). The lowest BCUT2D eigenvalue weighted by molar-refractivity contribution is 0.157. The van der Waals surface area contributed by atoms with Gasteiger partial charge in [-0.05, 0) is 43.0 Å². The Morgan fingerprint density at radius 2 is 2.10 bits per heavy atom. The van der Waals surface area contributed by atoms with E-state index in [1.807, 2.05) is 12.1 Å². The van der Waals surface area contributed by atoms with Crippen molar-refractivity contribution >= 4 is 11.6 Å². The zero-order chi connectivity index (χ0) is 14.8. The van der Waals surface area contributed by atoms with Crippen LogP contribution >= 0.6 is 11.6 Å². The first-order chi connectivity index (χ1) is 9.36. The van der Waals surface area contributed by atoms with Gasteiger partial charge in [-0.1, -0.05) is 44.5 Å². The number of rotatable bonds is 2. The number of hydrogen-bond acceptors (Lipinski definition) is 2. The van der Waals surface area contributed by atoms with Gasteiger partial charge in [0.1, 0.15) is 0 Å². The number of nitrogens with zero attached hydrogens (tertiary/aromatic N) is 1. The van der Waals surface area contributed by atoms with Crippen LogP contribution in [0.3, 0.4) is 0 Å². The van der Waals surface area contributed by atoms with Gasteiger partial charge in [0.2, 0.25) is 0 Å². The molecule has 2 unspecified atom stereocenters. The zero-order valence-corrected chi connectivity index (χ0v) is 13.9. The molecule has 1 aromatic rings. The monoisotopic (exact) mass is 294 g/mol. The van der Waals surface area contributed by atoms with Gasteiger partial charge in [-0.15, -0.1) is 0 Å². The van der Waals surface area contributed by atoms with E-state index in [2.05, 4.69) is 50.0 Å². The molecule has 1 saturated heterocycles. The lowest BCUT2D eigenvalue weighted by atomic mass is 9.86. The molecular formula is C17H27ClN2. The van der Waals surface area contributed by atoms with Crippen LogP contribution in [-0.4, -0.2) is 30.1 Å². The topological polar surface area (TPSA) is 15.3 Å². The van der Waals surface area contributed by atoms with Crippen LogP contribution in [0.15, 0.2) is 24.3 Å². The number of benzene rings is 1. The molecule has 0 amide bonds. The van der Waals surface area contributed by atoms with Gasteiger partial charge < -0.3 is 5.32 Å². The molecule has 3 heteroatoms. The Bertz CT molecular complexity index is 439. The molecule has 1 fully saturated rings. The second kappa shape index (κ2) is 6.46. The van der Waals surface area contributed by atoms with Gasteiger partial charge >= 0.3 is 0 Å². The van der Waals surface area contributed by atoms with Crippen LogP contribution in [0.5, 0.6) is 0 Å². The maximum Gasteiger partial charge on any atom is 0.0409 e. The molecule has 2 atom stereocenters. The van der Waals surface area contributed by atoms with Crippen molar-refractivity contribution < 1.29 is 0 Å². The SMILES string of the molecule is CC1CCNC(C(C)(C)C)CN1Cc1cccc(Cl)c1. The summed E-state index contributed by atoms with van der Waals surface area (Å²) in [5.74, 6) is 0. The largest absolute Gasteiger partial charge is 0.312 e. The third-order valence-electron chi connectivity index (χ3n) is 4.31. The lowest BCUT2D eigenvalue weighted by Crippen LogP contribution is -2.47. The summed E-state index contributed by atoms with van der Waals surface area (Å²) in [5, 5.41) is 4.54. The molecular weight excluding hydrogens is 268 g/mol. The first-order valence-corrected chi connectivity index (χ1v) is 7.96. The Balaban J connectivity index is 2.11. The van der Waals surface area contributed by atoms with Gasteiger partial charge in [0, 0.05) is 30.2 Å². The van der Waals surface area contributed by atoms with E-state index < -0.39 is 0 Å². The summed E-state index contributed by atoms with van der Waals surface area (Å²) in [6.45, 7) is 12.5. The minimum Gasteiger partial charge on any atom is -0.312 e. The van der Waals surface area contributed by atoms with Crippen LogP contribution in [0.2, 0.25) is 5.02 Å². The summed E-state index contributed by atoms with van der Waals surface area (Å²) in [5.41, 5.74) is 1.59. The minimum atomic E-state index is 0.288. The quantitative estimate of drug-likeness (QED) is 0.889. The van der Waals surface area contributed by atoms with Crippen molar-refractivity contribution in [2.24, 2.45) is 5.41 Å². The summed E-state index contributed by atoms with van der Waals surface area (Å²) in [6.07, 6.45) is 1.20. The minimum absolute atomic E-state index is 0.288. The van der Waals surface area contributed by atoms with Crippen LogP contribution in [0.4, 0.5) is 0 Å². The van der Waals surface area contributed by atoms with E-state index in [9.17, 15) is 0 Å². The summed E-state index contributed by atoms with van der Waals surface area (Å²) >= 11 is 6.10. The van der Waals surface area contributed by atoms with E-state index in [4.69, 9.17) is 11.6 Å².